The number of ether oxygens (including phenoxy) is 1. The summed E-state index contributed by atoms with van der Waals surface area (Å²) >= 11 is 0. The van der Waals surface area contributed by atoms with Gasteiger partial charge in [-0.25, -0.2) is 4.98 Å². The lowest BCUT2D eigenvalue weighted by molar-refractivity contribution is 0.112. The van der Waals surface area contributed by atoms with Crippen molar-refractivity contribution < 1.29 is 9.53 Å². The summed E-state index contributed by atoms with van der Waals surface area (Å²) in [6.07, 6.45) is 1.75. The van der Waals surface area contributed by atoms with Crippen molar-refractivity contribution in [1.29, 1.82) is 0 Å². The molecule has 0 saturated heterocycles. The maximum Gasteiger partial charge on any atom is 0.213 e. The molecule has 0 unspecified atom stereocenters. The number of rotatable bonds is 4. The summed E-state index contributed by atoms with van der Waals surface area (Å²) in [5.41, 5.74) is 1.33. The molecule has 1 aromatic heterocycles. The molecule has 0 spiro atoms. The number of aromatic nitrogens is 1. The zero-order valence-corrected chi connectivity index (χ0v) is 7.91. The predicted octanol–water partition coefficient (Wildman–Crippen LogP) is 1.99. The summed E-state index contributed by atoms with van der Waals surface area (Å²) in [5, 5.41) is 0. The lowest BCUT2D eigenvalue weighted by Gasteiger charge is -2.04. The fraction of sp³-hybridized carbons (Fsp3) is 0.400. The van der Waals surface area contributed by atoms with E-state index in [-0.39, 0.29) is 0 Å². The van der Waals surface area contributed by atoms with E-state index in [0.29, 0.717) is 23.7 Å². The highest BCUT2D eigenvalue weighted by molar-refractivity contribution is 5.76. The summed E-state index contributed by atoms with van der Waals surface area (Å²) < 4.78 is 5.31. The van der Waals surface area contributed by atoms with E-state index in [1.54, 1.807) is 19.1 Å². The van der Waals surface area contributed by atoms with E-state index in [1.165, 1.54) is 0 Å². The SMILES string of the molecule is CCCOc1ccc(C=O)c(C)n1. The number of aryl methyl sites for hydroxylation is 1. The maximum atomic E-state index is 10.5. The second-order valence-corrected chi connectivity index (χ2v) is 2.79. The van der Waals surface area contributed by atoms with E-state index in [2.05, 4.69) is 4.98 Å². The monoisotopic (exact) mass is 179 g/mol. The largest absolute Gasteiger partial charge is 0.478 e. The Hall–Kier alpha value is -1.38. The quantitative estimate of drug-likeness (QED) is 0.663. The summed E-state index contributed by atoms with van der Waals surface area (Å²) in [7, 11) is 0. The van der Waals surface area contributed by atoms with Crippen LogP contribution in [0.2, 0.25) is 0 Å². The van der Waals surface area contributed by atoms with E-state index < -0.39 is 0 Å². The van der Waals surface area contributed by atoms with Gasteiger partial charge in [0.15, 0.2) is 6.29 Å². The average molecular weight is 179 g/mol. The molecule has 3 nitrogen and oxygen atoms in total. The lowest BCUT2D eigenvalue weighted by atomic mass is 10.2. The first kappa shape index (κ1) is 9.71. The molecular weight excluding hydrogens is 166 g/mol. The Labute approximate surface area is 77.8 Å². The summed E-state index contributed by atoms with van der Waals surface area (Å²) in [4.78, 5) is 14.6. The van der Waals surface area contributed by atoms with Crippen LogP contribution in [0.4, 0.5) is 0 Å². The van der Waals surface area contributed by atoms with Crippen molar-refractivity contribution in [2.75, 3.05) is 6.61 Å². The molecule has 0 atom stereocenters. The van der Waals surface area contributed by atoms with Crippen LogP contribution in [0.15, 0.2) is 12.1 Å². The van der Waals surface area contributed by atoms with Crippen LogP contribution in [0.25, 0.3) is 0 Å². The first-order valence-corrected chi connectivity index (χ1v) is 4.33. The molecule has 70 valence electrons. The Morgan fingerprint density at radius 2 is 2.31 bits per heavy atom. The van der Waals surface area contributed by atoms with Crippen LogP contribution in [0, 0.1) is 6.92 Å². The molecule has 0 N–H and O–H groups in total. The fourth-order valence-electron chi connectivity index (χ4n) is 0.960. The molecular formula is C10H13NO2. The van der Waals surface area contributed by atoms with Gasteiger partial charge < -0.3 is 4.74 Å². The van der Waals surface area contributed by atoms with Gasteiger partial charge in [-0.1, -0.05) is 6.92 Å². The third kappa shape index (κ3) is 2.54. The molecule has 13 heavy (non-hydrogen) atoms. The molecule has 0 aliphatic heterocycles. The Balaban J connectivity index is 2.77. The highest BCUT2D eigenvalue weighted by atomic mass is 16.5. The minimum absolute atomic E-state index is 0.588. The number of carbonyl (C=O) groups is 1. The minimum atomic E-state index is 0.588. The predicted molar refractivity (Wildman–Crippen MR) is 50.1 cm³/mol. The summed E-state index contributed by atoms with van der Waals surface area (Å²) in [6.45, 7) is 4.49. The van der Waals surface area contributed by atoms with Gasteiger partial charge in [-0.05, 0) is 19.4 Å². The Kier molecular flexibility index (Phi) is 3.43. The first-order valence-electron chi connectivity index (χ1n) is 4.33. The van der Waals surface area contributed by atoms with Crippen LogP contribution in [-0.4, -0.2) is 17.9 Å². The van der Waals surface area contributed by atoms with Crippen molar-refractivity contribution in [2.45, 2.75) is 20.3 Å². The molecule has 0 aliphatic carbocycles. The van der Waals surface area contributed by atoms with Gasteiger partial charge in [-0.3, -0.25) is 4.79 Å². The third-order valence-electron chi connectivity index (χ3n) is 1.68. The van der Waals surface area contributed by atoms with E-state index in [1.807, 2.05) is 6.92 Å². The lowest BCUT2D eigenvalue weighted by Crippen LogP contribution is -1.99. The molecule has 1 aromatic rings. The van der Waals surface area contributed by atoms with E-state index in [0.717, 1.165) is 12.7 Å². The van der Waals surface area contributed by atoms with Gasteiger partial charge in [0, 0.05) is 11.6 Å². The molecule has 0 fully saturated rings. The summed E-state index contributed by atoms with van der Waals surface area (Å²) in [6, 6.07) is 3.44. The highest BCUT2D eigenvalue weighted by Gasteiger charge is 2.00. The summed E-state index contributed by atoms with van der Waals surface area (Å²) in [5.74, 6) is 0.588. The van der Waals surface area contributed by atoms with Gasteiger partial charge in [0.2, 0.25) is 5.88 Å². The van der Waals surface area contributed by atoms with Gasteiger partial charge in [-0.15, -0.1) is 0 Å². The normalized spacial score (nSPS) is 9.69. The van der Waals surface area contributed by atoms with Crippen LogP contribution >= 0.6 is 0 Å². The van der Waals surface area contributed by atoms with Crippen LogP contribution in [0.3, 0.4) is 0 Å². The van der Waals surface area contributed by atoms with Crippen molar-refractivity contribution in [1.82, 2.24) is 4.98 Å². The van der Waals surface area contributed by atoms with E-state index in [9.17, 15) is 4.79 Å². The van der Waals surface area contributed by atoms with Gasteiger partial charge in [-0.2, -0.15) is 0 Å². The van der Waals surface area contributed by atoms with Gasteiger partial charge >= 0.3 is 0 Å². The number of hydrogen-bond acceptors (Lipinski definition) is 3. The zero-order valence-electron chi connectivity index (χ0n) is 7.91. The molecule has 0 saturated carbocycles. The minimum Gasteiger partial charge on any atom is -0.478 e. The van der Waals surface area contributed by atoms with E-state index in [4.69, 9.17) is 4.74 Å². The molecule has 0 aromatic carbocycles. The average Bonchev–Trinajstić information content (AvgIpc) is 2.15. The Morgan fingerprint density at radius 1 is 1.54 bits per heavy atom. The highest BCUT2D eigenvalue weighted by Crippen LogP contribution is 2.10. The van der Waals surface area contributed by atoms with Crippen LogP contribution in [0.5, 0.6) is 5.88 Å². The van der Waals surface area contributed by atoms with Crippen LogP contribution in [-0.2, 0) is 0 Å². The molecule has 0 amide bonds. The smallest absolute Gasteiger partial charge is 0.213 e. The third-order valence-corrected chi connectivity index (χ3v) is 1.68. The second kappa shape index (κ2) is 4.60. The van der Waals surface area contributed by atoms with Crippen molar-refractivity contribution in [3.63, 3.8) is 0 Å². The molecule has 3 heteroatoms. The number of aldehydes is 1. The molecule has 1 heterocycles. The molecule has 1 rings (SSSR count). The fourth-order valence-corrected chi connectivity index (χ4v) is 0.960. The van der Waals surface area contributed by atoms with E-state index >= 15 is 0 Å². The number of nitrogens with zero attached hydrogens (tertiary/aromatic N) is 1. The van der Waals surface area contributed by atoms with Crippen molar-refractivity contribution >= 4 is 6.29 Å². The topological polar surface area (TPSA) is 39.2 Å². The van der Waals surface area contributed by atoms with Crippen LogP contribution in [0.1, 0.15) is 29.4 Å². The standard InChI is InChI=1S/C10H13NO2/c1-3-6-13-10-5-4-9(7-12)8(2)11-10/h4-5,7H,3,6H2,1-2H3. The number of carbonyl (C=O) groups excluding carboxylic acids is 1. The molecule has 0 aliphatic rings. The Morgan fingerprint density at radius 3 is 2.85 bits per heavy atom. The zero-order chi connectivity index (χ0) is 9.68. The van der Waals surface area contributed by atoms with Gasteiger partial charge in [0.05, 0.1) is 12.3 Å². The van der Waals surface area contributed by atoms with Crippen molar-refractivity contribution in [3.05, 3.63) is 23.4 Å². The number of pyridine rings is 1. The number of hydrogen-bond donors (Lipinski definition) is 0. The van der Waals surface area contributed by atoms with Gasteiger partial charge in [0.1, 0.15) is 0 Å². The van der Waals surface area contributed by atoms with Crippen LogP contribution < -0.4 is 4.74 Å². The maximum absolute atomic E-state index is 10.5. The second-order valence-electron chi connectivity index (χ2n) is 2.79. The van der Waals surface area contributed by atoms with Gasteiger partial charge in [0.25, 0.3) is 0 Å². The first-order chi connectivity index (χ1) is 6.27. The molecule has 0 bridgehead atoms. The van der Waals surface area contributed by atoms with Crippen molar-refractivity contribution in [3.8, 4) is 5.88 Å². The Bertz CT molecular complexity index is 297. The molecule has 0 radical (unpaired) electrons. The van der Waals surface area contributed by atoms with Crippen molar-refractivity contribution in [2.24, 2.45) is 0 Å².